The number of fused-ring (bicyclic) bond motifs is 1. The highest BCUT2D eigenvalue weighted by molar-refractivity contribution is 7.80. The molecular weight excluding hydrogens is 528 g/mol. The quantitative estimate of drug-likeness (QED) is 0.328. The SMILES string of the molecule is CC1C[C@H](O)O[C@@H](C)[C@@H]1OS(=O)CCOCCOCCN(C)c1ccc2c(c1)c(=O)c(C(=O)O)cn2C1CC1. The lowest BCUT2D eigenvalue weighted by molar-refractivity contribution is -0.202. The molecule has 5 atom stereocenters. The molecule has 12 heteroatoms. The molecular formula is C27H38N2O9S. The Kier molecular flexibility index (Phi) is 10.1. The van der Waals surface area contributed by atoms with Gasteiger partial charge in [0.25, 0.3) is 0 Å². The summed E-state index contributed by atoms with van der Waals surface area (Å²) in [7, 11) is 1.89. The molecule has 2 fully saturated rings. The van der Waals surface area contributed by atoms with Crippen LogP contribution in [0.5, 0.6) is 0 Å². The van der Waals surface area contributed by atoms with E-state index in [1.54, 1.807) is 13.0 Å². The van der Waals surface area contributed by atoms with Gasteiger partial charge in [0.15, 0.2) is 17.4 Å². The maximum Gasteiger partial charge on any atom is 0.341 e. The summed E-state index contributed by atoms with van der Waals surface area (Å²) in [6.45, 7) is 5.71. The maximum atomic E-state index is 12.8. The number of nitrogens with zero attached hydrogens (tertiary/aromatic N) is 2. The van der Waals surface area contributed by atoms with Crippen LogP contribution in [0, 0.1) is 5.92 Å². The highest BCUT2D eigenvalue weighted by Crippen LogP contribution is 2.37. The molecule has 2 heterocycles. The Hall–Kier alpha value is -2.35. The molecule has 1 aromatic heterocycles. The molecule has 0 radical (unpaired) electrons. The first-order chi connectivity index (χ1) is 18.7. The molecule has 0 spiro atoms. The van der Waals surface area contributed by atoms with Crippen molar-refractivity contribution in [3.05, 3.63) is 40.2 Å². The van der Waals surface area contributed by atoms with Gasteiger partial charge < -0.3 is 33.9 Å². The molecule has 2 aliphatic rings. The molecule has 1 aliphatic heterocycles. The number of hydrogen-bond donors (Lipinski definition) is 2. The van der Waals surface area contributed by atoms with Crippen molar-refractivity contribution in [3.8, 4) is 0 Å². The number of rotatable bonds is 14. The molecule has 39 heavy (non-hydrogen) atoms. The standard InChI is InChI=1S/C27H38N2O9S/c1-17-14-24(30)37-18(2)26(17)38-39(34)13-12-36-11-10-35-9-8-28(3)20-6-7-23-21(15-20)25(31)22(27(32)33)16-29(23)19-4-5-19/h6-7,15-19,24,26,30H,4-5,8-14H2,1-3H3,(H,32,33)/t17?,18-,24+,26+,39?/m0/s1. The van der Waals surface area contributed by atoms with E-state index < -0.39 is 28.8 Å². The summed E-state index contributed by atoms with van der Waals surface area (Å²) in [5.74, 6) is -0.943. The number of aliphatic hydroxyl groups excluding tert-OH is 1. The first-order valence-electron chi connectivity index (χ1n) is 13.3. The molecule has 0 bridgehead atoms. The third-order valence-electron chi connectivity index (χ3n) is 7.15. The van der Waals surface area contributed by atoms with Gasteiger partial charge in [0.05, 0.1) is 43.8 Å². The van der Waals surface area contributed by atoms with Gasteiger partial charge in [-0.3, -0.25) is 8.98 Å². The van der Waals surface area contributed by atoms with E-state index in [9.17, 15) is 24.0 Å². The molecule has 216 valence electrons. The van der Waals surface area contributed by atoms with Gasteiger partial charge in [-0.1, -0.05) is 6.92 Å². The van der Waals surface area contributed by atoms with Crippen molar-refractivity contribution in [1.29, 1.82) is 0 Å². The predicted molar refractivity (Wildman–Crippen MR) is 147 cm³/mol. The van der Waals surface area contributed by atoms with Crippen LogP contribution in [0.4, 0.5) is 5.69 Å². The number of likely N-dealkylation sites (N-methyl/N-ethyl adjacent to an activating group) is 1. The lowest BCUT2D eigenvalue weighted by Crippen LogP contribution is -2.44. The second-order valence-corrected chi connectivity index (χ2v) is 11.4. The second kappa shape index (κ2) is 13.3. The Morgan fingerprint density at radius 2 is 1.90 bits per heavy atom. The minimum atomic E-state index is -1.51. The van der Waals surface area contributed by atoms with Crippen LogP contribution in [-0.4, -0.2) is 89.2 Å². The van der Waals surface area contributed by atoms with Crippen molar-refractivity contribution in [1.82, 2.24) is 4.57 Å². The summed E-state index contributed by atoms with van der Waals surface area (Å²) in [5.41, 5.74) is 0.867. The van der Waals surface area contributed by atoms with Crippen molar-refractivity contribution >= 4 is 33.6 Å². The summed E-state index contributed by atoms with van der Waals surface area (Å²) < 4.78 is 36.3. The first-order valence-corrected chi connectivity index (χ1v) is 14.6. The highest BCUT2D eigenvalue weighted by Gasteiger charge is 2.35. The number of carboxylic acid groups (broad SMARTS) is 1. The number of hydrogen-bond acceptors (Lipinski definition) is 9. The number of aromatic nitrogens is 1. The van der Waals surface area contributed by atoms with Gasteiger partial charge in [-0.15, -0.1) is 0 Å². The first kappa shape index (κ1) is 29.6. The summed E-state index contributed by atoms with van der Waals surface area (Å²) >= 11 is -1.51. The van der Waals surface area contributed by atoms with E-state index >= 15 is 0 Å². The molecule has 1 aliphatic carbocycles. The average molecular weight is 567 g/mol. The molecule has 2 N–H and O–H groups in total. The van der Waals surface area contributed by atoms with E-state index in [1.165, 1.54) is 6.20 Å². The fourth-order valence-corrected chi connectivity index (χ4v) is 5.75. The minimum absolute atomic E-state index is 0.0402. The molecule has 11 nitrogen and oxygen atoms in total. The minimum Gasteiger partial charge on any atom is -0.477 e. The van der Waals surface area contributed by atoms with Gasteiger partial charge in [0, 0.05) is 43.3 Å². The largest absolute Gasteiger partial charge is 0.477 e. The Labute approximate surface area is 230 Å². The van der Waals surface area contributed by atoms with Crippen molar-refractivity contribution < 1.29 is 37.6 Å². The third kappa shape index (κ3) is 7.65. The zero-order valence-electron chi connectivity index (χ0n) is 22.6. The Morgan fingerprint density at radius 3 is 2.56 bits per heavy atom. The van der Waals surface area contributed by atoms with Gasteiger partial charge in [-0.05, 0) is 43.9 Å². The fraction of sp³-hybridized carbons (Fsp3) is 0.630. The lowest BCUT2D eigenvalue weighted by atomic mass is 9.94. The van der Waals surface area contributed by atoms with E-state index in [2.05, 4.69) is 0 Å². The zero-order valence-corrected chi connectivity index (χ0v) is 23.4. The van der Waals surface area contributed by atoms with Crippen molar-refractivity contribution in [2.75, 3.05) is 50.7 Å². The van der Waals surface area contributed by atoms with Crippen LogP contribution >= 0.6 is 0 Å². The fourth-order valence-electron chi connectivity index (χ4n) is 4.81. The van der Waals surface area contributed by atoms with Crippen LogP contribution in [0.1, 0.15) is 49.5 Å². The number of pyridine rings is 1. The highest BCUT2D eigenvalue weighted by atomic mass is 32.2. The van der Waals surface area contributed by atoms with Crippen molar-refractivity contribution in [3.63, 3.8) is 0 Å². The maximum absolute atomic E-state index is 12.8. The monoisotopic (exact) mass is 566 g/mol. The van der Waals surface area contributed by atoms with Gasteiger partial charge in [-0.25, -0.2) is 9.00 Å². The molecule has 0 amide bonds. The van der Waals surface area contributed by atoms with E-state index in [1.807, 2.05) is 35.6 Å². The Balaban J connectivity index is 1.17. The van der Waals surface area contributed by atoms with Crippen LogP contribution in [-0.2, 0) is 29.5 Å². The predicted octanol–water partition coefficient (Wildman–Crippen LogP) is 2.32. The topological polar surface area (TPSA) is 137 Å². The summed E-state index contributed by atoms with van der Waals surface area (Å²) in [4.78, 5) is 26.4. The van der Waals surface area contributed by atoms with Crippen LogP contribution in [0.2, 0.25) is 0 Å². The third-order valence-corrected chi connectivity index (χ3v) is 8.09. The molecule has 4 rings (SSSR count). The normalized spacial score (nSPS) is 24.1. The lowest BCUT2D eigenvalue weighted by Gasteiger charge is -2.36. The van der Waals surface area contributed by atoms with Gasteiger partial charge in [0.1, 0.15) is 11.7 Å². The van der Waals surface area contributed by atoms with E-state index in [0.29, 0.717) is 38.2 Å². The molecule has 2 aromatic rings. The molecule has 1 aromatic carbocycles. The molecule has 1 saturated carbocycles. The average Bonchev–Trinajstić information content (AvgIpc) is 3.73. The number of carbonyl (C=O) groups is 1. The summed E-state index contributed by atoms with van der Waals surface area (Å²) in [5, 5.41) is 19.5. The van der Waals surface area contributed by atoms with Crippen LogP contribution in [0.25, 0.3) is 10.9 Å². The van der Waals surface area contributed by atoms with Crippen molar-refractivity contribution in [2.45, 2.75) is 57.6 Å². The number of aliphatic hydroxyl groups is 1. The van der Waals surface area contributed by atoms with Crippen LogP contribution in [0.15, 0.2) is 29.2 Å². The van der Waals surface area contributed by atoms with Crippen LogP contribution < -0.4 is 10.3 Å². The van der Waals surface area contributed by atoms with Gasteiger partial charge >= 0.3 is 5.97 Å². The van der Waals surface area contributed by atoms with Gasteiger partial charge in [0.2, 0.25) is 5.43 Å². The van der Waals surface area contributed by atoms with Gasteiger partial charge in [-0.2, -0.15) is 0 Å². The van der Waals surface area contributed by atoms with Crippen molar-refractivity contribution in [2.24, 2.45) is 5.92 Å². The summed E-state index contributed by atoms with van der Waals surface area (Å²) in [6, 6.07) is 5.79. The Bertz CT molecular complexity index is 1220. The number of anilines is 1. The zero-order chi connectivity index (χ0) is 28.1. The molecule has 1 saturated heterocycles. The number of aromatic carboxylic acids is 1. The number of carboxylic acids is 1. The number of benzene rings is 1. The number of ether oxygens (including phenoxy) is 3. The Morgan fingerprint density at radius 1 is 1.18 bits per heavy atom. The van der Waals surface area contributed by atoms with E-state index in [0.717, 1.165) is 24.0 Å². The van der Waals surface area contributed by atoms with E-state index in [4.69, 9.17) is 18.4 Å². The smallest absolute Gasteiger partial charge is 0.341 e. The van der Waals surface area contributed by atoms with E-state index in [-0.39, 0.29) is 42.1 Å². The second-order valence-electron chi connectivity index (χ2n) is 10.2. The molecule has 2 unspecified atom stereocenters. The summed E-state index contributed by atoms with van der Waals surface area (Å²) in [6.07, 6.45) is 2.39. The van der Waals surface area contributed by atoms with Crippen LogP contribution in [0.3, 0.4) is 0 Å².